The number of hydrogen-bond donors (Lipinski definition) is 1. The number of hydrogen-bond acceptors (Lipinski definition) is 4. The molecule has 1 aromatic carbocycles. The summed E-state index contributed by atoms with van der Waals surface area (Å²) in [7, 11) is 1.60. The van der Waals surface area contributed by atoms with Crippen molar-refractivity contribution in [3.63, 3.8) is 0 Å². The largest absolute Gasteiger partial charge is 0.496 e. The van der Waals surface area contributed by atoms with Gasteiger partial charge in [0.2, 0.25) is 0 Å². The summed E-state index contributed by atoms with van der Waals surface area (Å²) in [5.41, 5.74) is 7.51. The van der Waals surface area contributed by atoms with E-state index in [1.165, 1.54) is 11.3 Å². The van der Waals surface area contributed by atoms with E-state index in [-0.39, 0.29) is 5.91 Å². The van der Waals surface area contributed by atoms with E-state index >= 15 is 0 Å². The SMILES string of the molecule is CCN(Cc1cccc(N)c1)C(=O)c1cc(OC)cs1. The molecule has 106 valence electrons. The van der Waals surface area contributed by atoms with Crippen molar-refractivity contribution in [3.05, 3.63) is 46.2 Å². The van der Waals surface area contributed by atoms with Crippen molar-refractivity contribution in [2.24, 2.45) is 0 Å². The van der Waals surface area contributed by atoms with Gasteiger partial charge in [0.15, 0.2) is 0 Å². The Morgan fingerprint density at radius 2 is 2.20 bits per heavy atom. The number of rotatable bonds is 5. The van der Waals surface area contributed by atoms with Gasteiger partial charge in [-0.05, 0) is 24.6 Å². The first-order valence-corrected chi connectivity index (χ1v) is 7.28. The minimum atomic E-state index is 0.0169. The maximum absolute atomic E-state index is 12.4. The number of benzene rings is 1. The summed E-state index contributed by atoms with van der Waals surface area (Å²) >= 11 is 1.40. The molecule has 1 heterocycles. The maximum Gasteiger partial charge on any atom is 0.264 e. The lowest BCUT2D eigenvalue weighted by Gasteiger charge is -2.20. The minimum Gasteiger partial charge on any atom is -0.496 e. The zero-order valence-corrected chi connectivity index (χ0v) is 12.4. The normalized spacial score (nSPS) is 10.3. The lowest BCUT2D eigenvalue weighted by molar-refractivity contribution is 0.0757. The second-order valence-electron chi connectivity index (χ2n) is 4.42. The number of anilines is 1. The van der Waals surface area contributed by atoms with E-state index in [0.717, 1.165) is 11.3 Å². The van der Waals surface area contributed by atoms with Crippen molar-refractivity contribution in [2.45, 2.75) is 13.5 Å². The monoisotopic (exact) mass is 290 g/mol. The highest BCUT2D eigenvalue weighted by Gasteiger charge is 2.17. The van der Waals surface area contributed by atoms with Crippen LogP contribution in [0.25, 0.3) is 0 Å². The van der Waals surface area contributed by atoms with Gasteiger partial charge in [-0.2, -0.15) is 0 Å². The molecule has 0 saturated heterocycles. The summed E-state index contributed by atoms with van der Waals surface area (Å²) in [6, 6.07) is 9.38. The molecule has 0 spiro atoms. The average Bonchev–Trinajstić information content (AvgIpc) is 2.93. The van der Waals surface area contributed by atoms with Gasteiger partial charge >= 0.3 is 0 Å². The van der Waals surface area contributed by atoms with Crippen LogP contribution in [-0.2, 0) is 6.54 Å². The lowest BCUT2D eigenvalue weighted by Crippen LogP contribution is -2.29. The molecule has 0 fully saturated rings. The van der Waals surface area contributed by atoms with E-state index in [2.05, 4.69) is 0 Å². The highest BCUT2D eigenvalue weighted by Crippen LogP contribution is 2.23. The summed E-state index contributed by atoms with van der Waals surface area (Å²) in [5.74, 6) is 0.738. The molecule has 2 aromatic rings. The number of nitrogen functional groups attached to an aromatic ring is 1. The third kappa shape index (κ3) is 3.30. The molecule has 2 N–H and O–H groups in total. The van der Waals surface area contributed by atoms with Gasteiger partial charge in [-0.25, -0.2) is 0 Å². The molecule has 2 rings (SSSR count). The third-order valence-electron chi connectivity index (χ3n) is 3.02. The molecule has 0 aliphatic rings. The Hall–Kier alpha value is -2.01. The first-order chi connectivity index (χ1) is 9.63. The van der Waals surface area contributed by atoms with Crippen LogP contribution in [0.15, 0.2) is 35.7 Å². The highest BCUT2D eigenvalue weighted by atomic mass is 32.1. The number of nitrogens with zero attached hydrogens (tertiary/aromatic N) is 1. The Labute approximate surface area is 122 Å². The molecule has 0 radical (unpaired) electrons. The van der Waals surface area contributed by atoms with Gasteiger partial charge in [-0.15, -0.1) is 11.3 Å². The third-order valence-corrected chi connectivity index (χ3v) is 3.91. The van der Waals surface area contributed by atoms with Crippen LogP contribution in [0.2, 0.25) is 0 Å². The van der Waals surface area contributed by atoms with Crippen LogP contribution in [0.5, 0.6) is 5.75 Å². The molecule has 0 bridgehead atoms. The summed E-state index contributed by atoms with van der Waals surface area (Å²) in [4.78, 5) is 14.9. The molecule has 1 aromatic heterocycles. The number of carbonyl (C=O) groups is 1. The fourth-order valence-electron chi connectivity index (χ4n) is 1.93. The number of methoxy groups -OCH3 is 1. The second-order valence-corrected chi connectivity index (χ2v) is 5.33. The Bertz CT molecular complexity index is 595. The van der Waals surface area contributed by atoms with Crippen molar-refractivity contribution < 1.29 is 9.53 Å². The van der Waals surface area contributed by atoms with Crippen molar-refractivity contribution in [1.82, 2.24) is 4.90 Å². The maximum atomic E-state index is 12.4. The van der Waals surface area contributed by atoms with Gasteiger partial charge < -0.3 is 15.4 Å². The van der Waals surface area contributed by atoms with Crippen molar-refractivity contribution in [2.75, 3.05) is 19.4 Å². The van der Waals surface area contributed by atoms with Crippen LogP contribution in [-0.4, -0.2) is 24.5 Å². The lowest BCUT2D eigenvalue weighted by atomic mass is 10.2. The molecule has 1 amide bonds. The van der Waals surface area contributed by atoms with E-state index in [0.29, 0.717) is 23.7 Å². The average molecular weight is 290 g/mol. The molecule has 5 heteroatoms. The number of amides is 1. The van der Waals surface area contributed by atoms with Gasteiger partial charge in [0.05, 0.1) is 12.0 Å². The Morgan fingerprint density at radius 1 is 1.40 bits per heavy atom. The summed E-state index contributed by atoms with van der Waals surface area (Å²) < 4.78 is 5.12. The van der Waals surface area contributed by atoms with Gasteiger partial charge in [-0.3, -0.25) is 4.79 Å². The molecule has 0 aliphatic carbocycles. The Morgan fingerprint density at radius 3 is 2.80 bits per heavy atom. The molecular weight excluding hydrogens is 272 g/mol. The standard InChI is InChI=1S/C15H18N2O2S/c1-3-17(9-11-5-4-6-12(16)7-11)15(18)14-8-13(19-2)10-20-14/h4-8,10H,3,9,16H2,1-2H3. The topological polar surface area (TPSA) is 55.6 Å². The highest BCUT2D eigenvalue weighted by molar-refractivity contribution is 7.12. The summed E-state index contributed by atoms with van der Waals surface area (Å²) in [6.45, 7) is 3.17. The first-order valence-electron chi connectivity index (χ1n) is 6.40. The quantitative estimate of drug-likeness (QED) is 0.861. The molecule has 0 atom stereocenters. The number of ether oxygens (including phenoxy) is 1. The van der Waals surface area contributed by atoms with Crippen LogP contribution in [0.1, 0.15) is 22.2 Å². The summed E-state index contributed by atoms with van der Waals surface area (Å²) in [5, 5.41) is 1.83. The predicted molar refractivity (Wildman–Crippen MR) is 82.1 cm³/mol. The minimum absolute atomic E-state index is 0.0169. The van der Waals surface area contributed by atoms with Gasteiger partial charge in [0, 0.05) is 30.2 Å². The van der Waals surface area contributed by atoms with E-state index in [1.807, 2.05) is 36.6 Å². The van der Waals surface area contributed by atoms with Crippen molar-refractivity contribution in [3.8, 4) is 5.75 Å². The zero-order valence-electron chi connectivity index (χ0n) is 11.6. The molecule has 0 saturated carbocycles. The Balaban J connectivity index is 2.13. The molecule has 0 aliphatic heterocycles. The predicted octanol–water partition coefficient (Wildman–Crippen LogP) is 3.00. The smallest absolute Gasteiger partial charge is 0.264 e. The first kappa shape index (κ1) is 14.4. The fraction of sp³-hybridized carbons (Fsp3) is 0.267. The molecule has 20 heavy (non-hydrogen) atoms. The van der Waals surface area contributed by atoms with E-state index < -0.39 is 0 Å². The van der Waals surface area contributed by atoms with Crippen LogP contribution < -0.4 is 10.5 Å². The summed E-state index contributed by atoms with van der Waals surface area (Å²) in [6.07, 6.45) is 0. The van der Waals surface area contributed by atoms with Crippen LogP contribution >= 0.6 is 11.3 Å². The second kappa shape index (κ2) is 6.43. The number of nitrogens with two attached hydrogens (primary N) is 1. The zero-order chi connectivity index (χ0) is 14.5. The van der Waals surface area contributed by atoms with Gasteiger partial charge in [-0.1, -0.05) is 12.1 Å². The van der Waals surface area contributed by atoms with Gasteiger partial charge in [0.25, 0.3) is 5.91 Å². The molecular formula is C15H18N2O2S. The van der Waals surface area contributed by atoms with E-state index in [4.69, 9.17) is 10.5 Å². The van der Waals surface area contributed by atoms with E-state index in [1.54, 1.807) is 18.1 Å². The number of carbonyl (C=O) groups excluding carboxylic acids is 1. The molecule has 0 unspecified atom stereocenters. The van der Waals surface area contributed by atoms with Crippen LogP contribution in [0.4, 0.5) is 5.69 Å². The Kier molecular flexibility index (Phi) is 4.63. The van der Waals surface area contributed by atoms with Crippen LogP contribution in [0, 0.1) is 0 Å². The van der Waals surface area contributed by atoms with Crippen LogP contribution in [0.3, 0.4) is 0 Å². The van der Waals surface area contributed by atoms with Crippen molar-refractivity contribution in [1.29, 1.82) is 0 Å². The van der Waals surface area contributed by atoms with E-state index in [9.17, 15) is 4.79 Å². The fourth-order valence-corrected chi connectivity index (χ4v) is 2.75. The van der Waals surface area contributed by atoms with Crippen molar-refractivity contribution >= 4 is 22.9 Å². The van der Waals surface area contributed by atoms with Gasteiger partial charge in [0.1, 0.15) is 5.75 Å². The molecule has 4 nitrogen and oxygen atoms in total. The number of thiophene rings is 1.